The number of aliphatic hydroxyl groups is 1. The fourth-order valence-electron chi connectivity index (χ4n) is 1.14. The second-order valence-electron chi connectivity index (χ2n) is 2.61. The number of hydrogen-bond donors (Lipinski definition) is 2. The maximum atomic E-state index is 13.2. The Balaban J connectivity index is 3.14. The molecule has 0 amide bonds. The molecule has 0 aliphatic rings. The molecule has 4 heteroatoms. The van der Waals surface area contributed by atoms with E-state index in [2.05, 4.69) is 0 Å². The Kier molecular flexibility index (Phi) is 3.22. The van der Waals surface area contributed by atoms with Gasteiger partial charge in [-0.3, -0.25) is 0 Å². The van der Waals surface area contributed by atoms with Gasteiger partial charge in [0, 0.05) is 6.54 Å². The van der Waals surface area contributed by atoms with Gasteiger partial charge < -0.3 is 15.6 Å². The number of aliphatic hydroxyl groups excluding tert-OH is 1. The van der Waals surface area contributed by atoms with Gasteiger partial charge in [0.1, 0.15) is 11.6 Å². The smallest absolute Gasteiger partial charge is 0.132 e. The van der Waals surface area contributed by atoms with Gasteiger partial charge in [0.2, 0.25) is 0 Å². The van der Waals surface area contributed by atoms with Crippen LogP contribution in [0.3, 0.4) is 0 Å². The molecule has 0 aliphatic heterocycles. The van der Waals surface area contributed by atoms with Crippen LogP contribution in [-0.4, -0.2) is 18.8 Å². The topological polar surface area (TPSA) is 55.5 Å². The molecule has 3 nitrogen and oxygen atoms in total. The molecule has 0 bridgehead atoms. The van der Waals surface area contributed by atoms with Crippen molar-refractivity contribution in [1.29, 1.82) is 0 Å². The third kappa shape index (κ3) is 1.96. The molecule has 0 saturated heterocycles. The van der Waals surface area contributed by atoms with Crippen molar-refractivity contribution in [3.63, 3.8) is 0 Å². The van der Waals surface area contributed by atoms with Gasteiger partial charge in [-0.15, -0.1) is 0 Å². The van der Waals surface area contributed by atoms with Crippen molar-refractivity contribution in [2.24, 2.45) is 5.73 Å². The fraction of sp³-hybridized carbons (Fsp3) is 0.333. The zero-order chi connectivity index (χ0) is 9.84. The summed E-state index contributed by atoms with van der Waals surface area (Å²) in [5.74, 6) is -0.185. The van der Waals surface area contributed by atoms with Gasteiger partial charge in [0.15, 0.2) is 0 Å². The maximum Gasteiger partial charge on any atom is 0.132 e. The molecule has 3 N–H and O–H groups in total. The van der Waals surface area contributed by atoms with E-state index < -0.39 is 11.9 Å². The van der Waals surface area contributed by atoms with E-state index in [1.165, 1.54) is 19.2 Å². The molecule has 0 aromatic heterocycles. The van der Waals surface area contributed by atoms with Crippen LogP contribution in [0.1, 0.15) is 11.7 Å². The van der Waals surface area contributed by atoms with Crippen LogP contribution in [0.2, 0.25) is 0 Å². The Bertz CT molecular complexity index is 291. The highest BCUT2D eigenvalue weighted by Gasteiger charge is 2.16. The lowest BCUT2D eigenvalue weighted by molar-refractivity contribution is 0.177. The number of benzene rings is 1. The Morgan fingerprint density at radius 2 is 2.31 bits per heavy atom. The Labute approximate surface area is 75.9 Å². The molecule has 72 valence electrons. The first-order valence-corrected chi connectivity index (χ1v) is 3.91. The summed E-state index contributed by atoms with van der Waals surface area (Å²) >= 11 is 0. The predicted molar refractivity (Wildman–Crippen MR) is 47.0 cm³/mol. The Hall–Kier alpha value is -1.13. The van der Waals surface area contributed by atoms with Crippen LogP contribution in [0.25, 0.3) is 0 Å². The molecule has 0 unspecified atom stereocenters. The molecule has 13 heavy (non-hydrogen) atoms. The summed E-state index contributed by atoms with van der Waals surface area (Å²) in [6.45, 7) is -0.0305. The van der Waals surface area contributed by atoms with E-state index in [9.17, 15) is 9.50 Å². The zero-order valence-corrected chi connectivity index (χ0v) is 7.33. The second-order valence-corrected chi connectivity index (χ2v) is 2.61. The van der Waals surface area contributed by atoms with Crippen LogP contribution in [0, 0.1) is 5.82 Å². The highest BCUT2D eigenvalue weighted by Crippen LogP contribution is 2.26. The molecule has 0 radical (unpaired) electrons. The van der Waals surface area contributed by atoms with Crippen molar-refractivity contribution in [3.8, 4) is 5.75 Å². The molecule has 0 fully saturated rings. The van der Waals surface area contributed by atoms with E-state index in [0.717, 1.165) is 0 Å². The van der Waals surface area contributed by atoms with Crippen molar-refractivity contribution < 1.29 is 14.2 Å². The quantitative estimate of drug-likeness (QED) is 0.733. The average Bonchev–Trinajstić information content (AvgIpc) is 2.16. The fourth-order valence-corrected chi connectivity index (χ4v) is 1.14. The van der Waals surface area contributed by atoms with Crippen molar-refractivity contribution in [1.82, 2.24) is 0 Å². The summed E-state index contributed by atoms with van der Waals surface area (Å²) in [5.41, 5.74) is 5.34. The van der Waals surface area contributed by atoms with E-state index in [-0.39, 0.29) is 12.1 Å². The van der Waals surface area contributed by atoms with Gasteiger partial charge >= 0.3 is 0 Å². The second kappa shape index (κ2) is 4.20. The zero-order valence-electron chi connectivity index (χ0n) is 7.33. The third-order valence-electron chi connectivity index (χ3n) is 1.79. The van der Waals surface area contributed by atoms with Crippen LogP contribution in [0.4, 0.5) is 4.39 Å². The number of rotatable bonds is 3. The van der Waals surface area contributed by atoms with Crippen molar-refractivity contribution in [2.75, 3.05) is 13.7 Å². The van der Waals surface area contributed by atoms with Crippen LogP contribution in [0.15, 0.2) is 18.2 Å². The molecule has 1 aromatic carbocycles. The van der Waals surface area contributed by atoms with E-state index in [0.29, 0.717) is 5.75 Å². The number of ether oxygens (including phenoxy) is 1. The molecule has 0 aliphatic carbocycles. The van der Waals surface area contributed by atoms with Crippen molar-refractivity contribution in [3.05, 3.63) is 29.6 Å². The van der Waals surface area contributed by atoms with Crippen LogP contribution in [-0.2, 0) is 0 Å². The van der Waals surface area contributed by atoms with E-state index in [4.69, 9.17) is 10.5 Å². The standard InChI is InChI=1S/C9H12FNO2/c1-13-8-4-2-3-6(10)9(8)7(12)5-11/h2-4,7,12H,5,11H2,1H3/t7-/m1/s1. The first-order valence-electron chi connectivity index (χ1n) is 3.91. The van der Waals surface area contributed by atoms with Gasteiger partial charge in [0.25, 0.3) is 0 Å². The molecule has 0 spiro atoms. The number of methoxy groups -OCH3 is 1. The summed E-state index contributed by atoms with van der Waals surface area (Å²) < 4.78 is 18.1. The molecule has 1 aromatic rings. The van der Waals surface area contributed by atoms with Crippen LogP contribution >= 0.6 is 0 Å². The first kappa shape index (κ1) is 9.95. The third-order valence-corrected chi connectivity index (χ3v) is 1.79. The lowest BCUT2D eigenvalue weighted by atomic mass is 10.1. The van der Waals surface area contributed by atoms with Gasteiger partial charge in [-0.2, -0.15) is 0 Å². The lowest BCUT2D eigenvalue weighted by Crippen LogP contribution is -2.14. The number of hydrogen-bond acceptors (Lipinski definition) is 3. The predicted octanol–water partition coefficient (Wildman–Crippen LogP) is 0.826. The number of halogens is 1. The van der Waals surface area contributed by atoms with Gasteiger partial charge in [-0.25, -0.2) is 4.39 Å². The van der Waals surface area contributed by atoms with Gasteiger partial charge in [0.05, 0.1) is 18.8 Å². The monoisotopic (exact) mass is 185 g/mol. The maximum absolute atomic E-state index is 13.2. The molecule has 0 heterocycles. The summed E-state index contributed by atoms with van der Waals surface area (Å²) in [6.07, 6.45) is -1.02. The number of nitrogens with two attached hydrogens (primary N) is 1. The van der Waals surface area contributed by atoms with Crippen molar-refractivity contribution >= 4 is 0 Å². The lowest BCUT2D eigenvalue weighted by Gasteiger charge is -2.13. The molecule has 0 saturated carbocycles. The van der Waals surface area contributed by atoms with Gasteiger partial charge in [-0.05, 0) is 12.1 Å². The van der Waals surface area contributed by atoms with Gasteiger partial charge in [-0.1, -0.05) is 6.07 Å². The molecule has 1 atom stereocenters. The minimum absolute atomic E-state index is 0.0305. The van der Waals surface area contributed by atoms with E-state index in [1.54, 1.807) is 6.07 Å². The molecule has 1 rings (SSSR count). The molecular formula is C9H12FNO2. The van der Waals surface area contributed by atoms with E-state index in [1.807, 2.05) is 0 Å². The highest BCUT2D eigenvalue weighted by molar-refractivity contribution is 5.36. The summed E-state index contributed by atoms with van der Waals surface area (Å²) in [4.78, 5) is 0. The largest absolute Gasteiger partial charge is 0.496 e. The minimum Gasteiger partial charge on any atom is -0.496 e. The molecular weight excluding hydrogens is 173 g/mol. The Morgan fingerprint density at radius 1 is 1.62 bits per heavy atom. The summed E-state index contributed by atoms with van der Waals surface area (Å²) in [7, 11) is 1.42. The highest BCUT2D eigenvalue weighted by atomic mass is 19.1. The van der Waals surface area contributed by atoms with Crippen molar-refractivity contribution in [2.45, 2.75) is 6.10 Å². The summed E-state index contributed by atoms with van der Waals surface area (Å²) in [5, 5.41) is 9.38. The minimum atomic E-state index is -1.02. The summed E-state index contributed by atoms with van der Waals surface area (Å²) in [6, 6.07) is 4.36. The van der Waals surface area contributed by atoms with Crippen LogP contribution in [0.5, 0.6) is 5.75 Å². The normalized spacial score (nSPS) is 12.6. The average molecular weight is 185 g/mol. The van der Waals surface area contributed by atoms with E-state index >= 15 is 0 Å². The Morgan fingerprint density at radius 3 is 2.85 bits per heavy atom. The first-order chi connectivity index (χ1) is 6.20. The van der Waals surface area contributed by atoms with Crippen LogP contribution < -0.4 is 10.5 Å². The SMILES string of the molecule is COc1cccc(F)c1[C@H](O)CN.